The average molecular weight is 347 g/mol. The van der Waals surface area contributed by atoms with Gasteiger partial charge in [-0.1, -0.05) is 6.92 Å². The fourth-order valence-corrected chi connectivity index (χ4v) is 4.14. The lowest BCUT2D eigenvalue weighted by Crippen LogP contribution is -2.12. The summed E-state index contributed by atoms with van der Waals surface area (Å²) in [5.74, 6) is 0.295. The van der Waals surface area contributed by atoms with E-state index in [1.807, 2.05) is 13.0 Å². The zero-order chi connectivity index (χ0) is 13.2. The molecule has 0 aliphatic rings. The van der Waals surface area contributed by atoms with Gasteiger partial charge in [-0.05, 0) is 46.6 Å². The van der Waals surface area contributed by atoms with E-state index >= 15 is 0 Å². The highest BCUT2D eigenvalue weighted by Crippen LogP contribution is 2.26. The molecule has 0 bridgehead atoms. The number of aromatic nitrogens is 1. The Morgan fingerprint density at radius 3 is 2.78 bits per heavy atom. The highest BCUT2D eigenvalue weighted by atomic mass is 79.9. The zero-order valence-corrected chi connectivity index (χ0v) is 12.8. The van der Waals surface area contributed by atoms with Gasteiger partial charge in [0.25, 0.3) is 10.0 Å². The minimum absolute atomic E-state index is 0.295. The molecule has 0 aliphatic heterocycles. The maximum absolute atomic E-state index is 12.1. The third-order valence-electron chi connectivity index (χ3n) is 2.24. The van der Waals surface area contributed by atoms with Crippen LogP contribution in [0.4, 0.5) is 5.82 Å². The summed E-state index contributed by atoms with van der Waals surface area (Å²) in [7, 11) is -3.55. The van der Waals surface area contributed by atoms with Gasteiger partial charge < -0.3 is 0 Å². The predicted octanol–water partition coefficient (Wildman–Crippen LogP) is 3.27. The highest BCUT2D eigenvalue weighted by molar-refractivity contribution is 9.10. The molecule has 1 N–H and O–H groups in total. The molecule has 2 heterocycles. The largest absolute Gasteiger partial charge is 0.272 e. The first-order valence-electron chi connectivity index (χ1n) is 5.25. The molecule has 18 heavy (non-hydrogen) atoms. The summed E-state index contributed by atoms with van der Waals surface area (Å²) in [5, 5.41) is 0. The molecule has 0 aliphatic carbocycles. The second kappa shape index (κ2) is 5.38. The Kier molecular flexibility index (Phi) is 4.04. The molecule has 0 unspecified atom stereocenters. The Morgan fingerprint density at radius 1 is 1.39 bits per heavy atom. The summed E-state index contributed by atoms with van der Waals surface area (Å²) >= 11 is 4.53. The van der Waals surface area contributed by atoms with Crippen LogP contribution in [-0.2, 0) is 16.4 Å². The van der Waals surface area contributed by atoms with Gasteiger partial charge >= 0.3 is 0 Å². The molecule has 4 nitrogen and oxygen atoms in total. The lowest BCUT2D eigenvalue weighted by atomic mass is 10.4. The Balaban J connectivity index is 2.30. The summed E-state index contributed by atoms with van der Waals surface area (Å²) in [6, 6.07) is 6.90. The first kappa shape index (κ1) is 13.5. The van der Waals surface area contributed by atoms with E-state index in [4.69, 9.17) is 0 Å². The lowest BCUT2D eigenvalue weighted by Gasteiger charge is -2.06. The van der Waals surface area contributed by atoms with Crippen molar-refractivity contribution in [1.29, 1.82) is 0 Å². The van der Waals surface area contributed by atoms with Crippen LogP contribution < -0.4 is 4.72 Å². The summed E-state index contributed by atoms with van der Waals surface area (Å²) in [4.78, 5) is 5.02. The molecule has 2 aromatic rings. The van der Waals surface area contributed by atoms with Crippen molar-refractivity contribution < 1.29 is 8.42 Å². The molecule has 0 spiro atoms. The molecule has 2 aromatic heterocycles. The number of hydrogen-bond donors (Lipinski definition) is 1. The van der Waals surface area contributed by atoms with Gasteiger partial charge in [0, 0.05) is 11.1 Å². The topological polar surface area (TPSA) is 59.1 Å². The van der Waals surface area contributed by atoms with E-state index < -0.39 is 10.0 Å². The second-order valence-electron chi connectivity index (χ2n) is 3.51. The Labute approximate surface area is 118 Å². The monoisotopic (exact) mass is 346 g/mol. The molecule has 0 saturated heterocycles. The standard InChI is InChI=1S/C11H11BrN2O2S2/c1-2-8-5-6-10(17-8)18(15,16)14-11-9(12)4-3-7-13-11/h3-7H,2H2,1H3,(H,13,14). The number of nitrogens with zero attached hydrogens (tertiary/aromatic N) is 1. The minimum atomic E-state index is -3.55. The van der Waals surface area contributed by atoms with Crippen molar-refractivity contribution in [2.75, 3.05) is 4.72 Å². The first-order chi connectivity index (χ1) is 8.53. The van der Waals surface area contributed by atoms with Gasteiger partial charge in [0.05, 0.1) is 4.47 Å². The average Bonchev–Trinajstić information content (AvgIpc) is 2.81. The predicted molar refractivity (Wildman–Crippen MR) is 76.4 cm³/mol. The summed E-state index contributed by atoms with van der Waals surface area (Å²) in [6.45, 7) is 1.99. The molecule has 0 amide bonds. The minimum Gasteiger partial charge on any atom is -0.262 e. The maximum atomic E-state index is 12.1. The SMILES string of the molecule is CCc1ccc(S(=O)(=O)Nc2ncccc2Br)s1. The molecule has 0 aromatic carbocycles. The summed E-state index contributed by atoms with van der Waals surface area (Å²) in [5.41, 5.74) is 0. The maximum Gasteiger partial charge on any atom is 0.272 e. The molecule has 0 saturated carbocycles. The number of sulfonamides is 1. The molecule has 0 atom stereocenters. The van der Waals surface area contributed by atoms with E-state index in [9.17, 15) is 8.42 Å². The van der Waals surface area contributed by atoms with Gasteiger partial charge in [0.1, 0.15) is 4.21 Å². The molecule has 0 radical (unpaired) electrons. The molecular weight excluding hydrogens is 336 g/mol. The first-order valence-corrected chi connectivity index (χ1v) is 8.34. The van der Waals surface area contributed by atoms with Crippen LogP contribution in [0.2, 0.25) is 0 Å². The Bertz CT molecular complexity index is 653. The van der Waals surface area contributed by atoms with Gasteiger partial charge in [0.2, 0.25) is 0 Å². The molecule has 96 valence electrons. The molecule has 0 fully saturated rings. The van der Waals surface area contributed by atoms with Gasteiger partial charge in [0.15, 0.2) is 5.82 Å². The number of aryl methyl sites for hydroxylation is 1. The Hall–Kier alpha value is -0.920. The van der Waals surface area contributed by atoms with Gasteiger partial charge in [-0.3, -0.25) is 4.72 Å². The highest BCUT2D eigenvalue weighted by Gasteiger charge is 2.18. The smallest absolute Gasteiger partial charge is 0.262 e. The van der Waals surface area contributed by atoms with Crippen LogP contribution >= 0.6 is 27.3 Å². The second-order valence-corrected chi connectivity index (χ2v) is 7.45. The van der Waals surface area contributed by atoms with Crippen LogP contribution in [0.15, 0.2) is 39.1 Å². The fraction of sp³-hybridized carbons (Fsp3) is 0.182. The molecule has 2 rings (SSSR count). The molecule has 7 heteroatoms. The van der Waals surface area contributed by atoms with Crippen molar-refractivity contribution in [2.24, 2.45) is 0 Å². The van der Waals surface area contributed by atoms with Crippen LogP contribution in [0.1, 0.15) is 11.8 Å². The van der Waals surface area contributed by atoms with Crippen molar-refractivity contribution in [3.05, 3.63) is 39.8 Å². The molecular formula is C11H11BrN2O2S2. The third-order valence-corrected chi connectivity index (χ3v) is 5.94. The fourth-order valence-electron chi connectivity index (χ4n) is 1.33. The quantitative estimate of drug-likeness (QED) is 0.924. The number of pyridine rings is 1. The van der Waals surface area contributed by atoms with E-state index in [1.165, 1.54) is 17.5 Å². The van der Waals surface area contributed by atoms with Crippen LogP contribution in [0.25, 0.3) is 0 Å². The van der Waals surface area contributed by atoms with E-state index in [2.05, 4.69) is 25.6 Å². The van der Waals surface area contributed by atoms with Crippen molar-refractivity contribution >= 4 is 43.1 Å². The van der Waals surface area contributed by atoms with E-state index in [0.717, 1.165) is 11.3 Å². The van der Waals surface area contributed by atoms with Gasteiger partial charge in [-0.2, -0.15) is 0 Å². The number of anilines is 1. The van der Waals surface area contributed by atoms with Crippen LogP contribution in [0, 0.1) is 0 Å². The van der Waals surface area contributed by atoms with Crippen molar-refractivity contribution in [1.82, 2.24) is 4.98 Å². The van der Waals surface area contributed by atoms with E-state index in [-0.39, 0.29) is 0 Å². The number of halogens is 1. The van der Waals surface area contributed by atoms with Crippen molar-refractivity contribution in [3.63, 3.8) is 0 Å². The Morgan fingerprint density at radius 2 is 2.17 bits per heavy atom. The van der Waals surface area contributed by atoms with Gasteiger partial charge in [-0.15, -0.1) is 11.3 Å². The van der Waals surface area contributed by atoms with Crippen LogP contribution in [-0.4, -0.2) is 13.4 Å². The van der Waals surface area contributed by atoms with Crippen LogP contribution in [0.3, 0.4) is 0 Å². The third kappa shape index (κ3) is 2.90. The lowest BCUT2D eigenvalue weighted by molar-refractivity contribution is 0.603. The number of thiophene rings is 1. The van der Waals surface area contributed by atoms with E-state index in [1.54, 1.807) is 18.2 Å². The normalized spacial score (nSPS) is 11.4. The summed E-state index contributed by atoms with van der Waals surface area (Å²) < 4.78 is 27.6. The zero-order valence-electron chi connectivity index (χ0n) is 9.55. The number of hydrogen-bond acceptors (Lipinski definition) is 4. The number of nitrogens with one attached hydrogen (secondary N) is 1. The summed E-state index contributed by atoms with van der Waals surface area (Å²) in [6.07, 6.45) is 2.36. The van der Waals surface area contributed by atoms with Crippen LogP contribution in [0.5, 0.6) is 0 Å². The van der Waals surface area contributed by atoms with Crippen molar-refractivity contribution in [2.45, 2.75) is 17.6 Å². The van der Waals surface area contributed by atoms with Gasteiger partial charge in [-0.25, -0.2) is 13.4 Å². The van der Waals surface area contributed by atoms with Crippen molar-refractivity contribution in [3.8, 4) is 0 Å². The van der Waals surface area contributed by atoms with E-state index in [0.29, 0.717) is 14.5 Å². The number of rotatable bonds is 4.